The SMILES string of the molecule is CCCCC/C=C\C/C=C\C/C=C\CCCCCCC(=O)OC[C@@H](COC(=O)CCCCCCCCCCCCCCCCCC)OC(=O)CCCCCCCCC/C=C\CCCCCCCC. The Hall–Kier alpha value is -2.63. The molecule has 0 bridgehead atoms. The molecule has 68 heavy (non-hydrogen) atoms. The maximum Gasteiger partial charge on any atom is 0.306 e. The summed E-state index contributed by atoms with van der Waals surface area (Å²) in [5.41, 5.74) is 0. The highest BCUT2D eigenvalue weighted by molar-refractivity contribution is 5.71. The second-order valence-corrected chi connectivity index (χ2v) is 19.9. The summed E-state index contributed by atoms with van der Waals surface area (Å²) in [6.45, 7) is 6.63. The molecule has 0 aliphatic rings. The van der Waals surface area contributed by atoms with Crippen molar-refractivity contribution in [2.24, 2.45) is 0 Å². The van der Waals surface area contributed by atoms with E-state index < -0.39 is 6.10 Å². The molecule has 1 atom stereocenters. The third kappa shape index (κ3) is 54.3. The normalized spacial score (nSPS) is 12.3. The first kappa shape index (κ1) is 65.4. The van der Waals surface area contributed by atoms with Gasteiger partial charge >= 0.3 is 17.9 Å². The molecule has 0 aliphatic carbocycles. The molecule has 0 saturated carbocycles. The zero-order valence-corrected chi connectivity index (χ0v) is 45.4. The quantitative estimate of drug-likeness (QED) is 0.0262. The van der Waals surface area contributed by atoms with Crippen LogP contribution in [0.15, 0.2) is 48.6 Å². The van der Waals surface area contributed by atoms with Crippen molar-refractivity contribution in [3.8, 4) is 0 Å². The number of ether oxygens (including phenoxy) is 3. The number of hydrogen-bond donors (Lipinski definition) is 0. The Bertz CT molecular complexity index is 1190. The molecular formula is C62H112O6. The van der Waals surface area contributed by atoms with Crippen LogP contribution in [0.1, 0.15) is 310 Å². The molecule has 396 valence electrons. The molecule has 0 heterocycles. The summed E-state index contributed by atoms with van der Waals surface area (Å²) < 4.78 is 16.9. The summed E-state index contributed by atoms with van der Waals surface area (Å²) in [5.74, 6) is -0.889. The van der Waals surface area contributed by atoms with Crippen molar-refractivity contribution in [3.05, 3.63) is 48.6 Å². The lowest BCUT2D eigenvalue weighted by molar-refractivity contribution is -0.167. The van der Waals surface area contributed by atoms with Crippen molar-refractivity contribution in [1.29, 1.82) is 0 Å². The largest absolute Gasteiger partial charge is 0.462 e. The number of esters is 3. The molecule has 0 saturated heterocycles. The Kier molecular flexibility index (Phi) is 54.8. The molecule has 0 fully saturated rings. The summed E-state index contributed by atoms with van der Waals surface area (Å²) in [5, 5.41) is 0. The van der Waals surface area contributed by atoms with Crippen molar-refractivity contribution < 1.29 is 28.6 Å². The Morgan fingerprint density at radius 1 is 0.294 bits per heavy atom. The number of allylic oxidation sites excluding steroid dienone is 8. The maximum absolute atomic E-state index is 12.9. The van der Waals surface area contributed by atoms with E-state index in [0.29, 0.717) is 19.3 Å². The van der Waals surface area contributed by atoms with Crippen LogP contribution in [0.2, 0.25) is 0 Å². The van der Waals surface area contributed by atoms with Gasteiger partial charge in [0.05, 0.1) is 0 Å². The molecule has 0 rings (SSSR count). The van der Waals surface area contributed by atoms with Gasteiger partial charge in [0.2, 0.25) is 0 Å². The lowest BCUT2D eigenvalue weighted by Crippen LogP contribution is -2.30. The number of carbonyl (C=O) groups excluding carboxylic acids is 3. The van der Waals surface area contributed by atoms with E-state index in [4.69, 9.17) is 14.2 Å². The van der Waals surface area contributed by atoms with Crippen LogP contribution in [0.3, 0.4) is 0 Å². The number of hydrogen-bond acceptors (Lipinski definition) is 6. The molecule has 6 nitrogen and oxygen atoms in total. The van der Waals surface area contributed by atoms with Gasteiger partial charge < -0.3 is 14.2 Å². The van der Waals surface area contributed by atoms with Crippen LogP contribution < -0.4 is 0 Å². The average molecular weight is 954 g/mol. The molecule has 0 aromatic carbocycles. The van der Waals surface area contributed by atoms with Gasteiger partial charge in [0, 0.05) is 19.3 Å². The van der Waals surface area contributed by atoms with Gasteiger partial charge in [-0.3, -0.25) is 14.4 Å². The van der Waals surface area contributed by atoms with E-state index in [1.807, 2.05) is 0 Å². The topological polar surface area (TPSA) is 78.9 Å². The Balaban J connectivity index is 4.40. The molecule has 0 radical (unpaired) electrons. The van der Waals surface area contributed by atoms with Crippen molar-refractivity contribution in [1.82, 2.24) is 0 Å². The maximum atomic E-state index is 12.9. The minimum atomic E-state index is -0.783. The summed E-state index contributed by atoms with van der Waals surface area (Å²) in [6, 6.07) is 0. The average Bonchev–Trinajstić information content (AvgIpc) is 3.34. The number of unbranched alkanes of at least 4 members (excludes halogenated alkanes) is 35. The van der Waals surface area contributed by atoms with Crippen LogP contribution in [0.25, 0.3) is 0 Å². The summed E-state index contributed by atoms with van der Waals surface area (Å²) in [7, 11) is 0. The highest BCUT2D eigenvalue weighted by atomic mass is 16.6. The number of rotatable bonds is 54. The van der Waals surface area contributed by atoms with Gasteiger partial charge in [0.15, 0.2) is 6.10 Å². The fourth-order valence-electron chi connectivity index (χ4n) is 8.56. The Morgan fingerprint density at radius 2 is 0.529 bits per heavy atom. The molecule has 0 aromatic rings. The van der Waals surface area contributed by atoms with Crippen molar-refractivity contribution >= 4 is 17.9 Å². The molecule has 0 aromatic heterocycles. The van der Waals surface area contributed by atoms with E-state index in [2.05, 4.69) is 69.4 Å². The molecule has 0 unspecified atom stereocenters. The van der Waals surface area contributed by atoms with Gasteiger partial charge in [-0.1, -0.05) is 256 Å². The van der Waals surface area contributed by atoms with E-state index in [9.17, 15) is 14.4 Å². The van der Waals surface area contributed by atoms with Crippen molar-refractivity contribution in [2.45, 2.75) is 316 Å². The molecule has 6 heteroatoms. The highest BCUT2D eigenvalue weighted by Crippen LogP contribution is 2.16. The predicted octanol–water partition coefficient (Wildman–Crippen LogP) is 19.8. The second kappa shape index (κ2) is 57.0. The number of carbonyl (C=O) groups is 3. The van der Waals surface area contributed by atoms with Gasteiger partial charge in [0.1, 0.15) is 13.2 Å². The molecular weight excluding hydrogens is 841 g/mol. The van der Waals surface area contributed by atoms with E-state index in [1.54, 1.807) is 0 Å². The van der Waals surface area contributed by atoms with Crippen LogP contribution in [0.4, 0.5) is 0 Å². The van der Waals surface area contributed by atoms with Gasteiger partial charge in [-0.15, -0.1) is 0 Å². The molecule has 0 N–H and O–H groups in total. The van der Waals surface area contributed by atoms with Crippen LogP contribution >= 0.6 is 0 Å². The van der Waals surface area contributed by atoms with Gasteiger partial charge in [-0.25, -0.2) is 0 Å². The first-order chi connectivity index (χ1) is 33.5. The van der Waals surface area contributed by atoms with E-state index in [0.717, 1.165) is 83.5 Å². The van der Waals surface area contributed by atoms with Gasteiger partial charge in [-0.05, 0) is 83.5 Å². The van der Waals surface area contributed by atoms with Crippen LogP contribution in [-0.4, -0.2) is 37.2 Å². The minimum Gasteiger partial charge on any atom is -0.462 e. The standard InChI is InChI=1S/C62H112O6/c1-4-7-10-13-16-19-22-25-28-31-34-37-40-43-46-49-52-55-61(64)67-58-59(57-66-60(63)54-51-48-45-42-39-36-33-30-27-24-21-18-15-12-9-6-3)68-62(65)56-53-50-47-44-41-38-35-32-29-26-23-20-17-14-11-8-5-2/h16,19,25-26,28-29,34,37,59H,4-15,17-18,20-24,27,30-33,35-36,38-58H2,1-3H3/b19-16-,28-25-,29-26-,37-34-/t59-/m1/s1. The van der Waals surface area contributed by atoms with Crippen LogP contribution in [-0.2, 0) is 28.6 Å². The second-order valence-electron chi connectivity index (χ2n) is 19.9. The fraction of sp³-hybridized carbons (Fsp3) is 0.823. The smallest absolute Gasteiger partial charge is 0.306 e. The van der Waals surface area contributed by atoms with Gasteiger partial charge in [-0.2, -0.15) is 0 Å². The molecule has 0 amide bonds. The van der Waals surface area contributed by atoms with Crippen LogP contribution in [0.5, 0.6) is 0 Å². The van der Waals surface area contributed by atoms with Crippen molar-refractivity contribution in [2.75, 3.05) is 13.2 Å². The van der Waals surface area contributed by atoms with Crippen LogP contribution in [0, 0.1) is 0 Å². The lowest BCUT2D eigenvalue weighted by atomic mass is 10.0. The zero-order chi connectivity index (χ0) is 49.3. The first-order valence-electron chi connectivity index (χ1n) is 29.6. The van der Waals surface area contributed by atoms with Gasteiger partial charge in [0.25, 0.3) is 0 Å². The Morgan fingerprint density at radius 3 is 0.868 bits per heavy atom. The fourth-order valence-corrected chi connectivity index (χ4v) is 8.56. The third-order valence-corrected chi connectivity index (χ3v) is 13.1. The first-order valence-corrected chi connectivity index (χ1v) is 29.6. The summed E-state index contributed by atoms with van der Waals surface area (Å²) >= 11 is 0. The predicted molar refractivity (Wildman–Crippen MR) is 293 cm³/mol. The van der Waals surface area contributed by atoms with E-state index >= 15 is 0 Å². The third-order valence-electron chi connectivity index (χ3n) is 13.1. The monoisotopic (exact) mass is 953 g/mol. The highest BCUT2D eigenvalue weighted by Gasteiger charge is 2.19. The summed E-state index contributed by atoms with van der Waals surface area (Å²) in [4.78, 5) is 38.2. The zero-order valence-electron chi connectivity index (χ0n) is 45.4. The van der Waals surface area contributed by atoms with E-state index in [-0.39, 0.29) is 31.1 Å². The summed E-state index contributed by atoms with van der Waals surface area (Å²) in [6.07, 6.45) is 69.5. The van der Waals surface area contributed by atoms with E-state index in [1.165, 1.54) is 186 Å². The van der Waals surface area contributed by atoms with Crippen molar-refractivity contribution in [3.63, 3.8) is 0 Å². The molecule has 0 spiro atoms. The lowest BCUT2D eigenvalue weighted by Gasteiger charge is -2.18. The molecule has 0 aliphatic heterocycles. The Labute approximate surface area is 422 Å². The minimum absolute atomic E-state index is 0.0789.